The van der Waals surface area contributed by atoms with Crippen LogP contribution in [0.25, 0.3) is 0 Å². The molecule has 0 aromatic rings. The third kappa shape index (κ3) is 9.05. The Morgan fingerprint density at radius 1 is 1.00 bits per heavy atom. The van der Waals surface area contributed by atoms with Gasteiger partial charge in [-0.05, 0) is 12.8 Å². The monoisotopic (exact) mass is 186 g/mol. The number of hydrogen-bond donors (Lipinski definition) is 2. The van der Waals surface area contributed by atoms with Crippen molar-refractivity contribution in [1.82, 2.24) is 0 Å². The van der Waals surface area contributed by atoms with E-state index in [1.54, 1.807) is 7.11 Å². The zero-order valence-corrected chi connectivity index (χ0v) is 8.81. The molecule has 0 saturated heterocycles. The highest BCUT2D eigenvalue weighted by molar-refractivity contribution is 5.75. The molecule has 13 heavy (non-hydrogen) atoms. The van der Waals surface area contributed by atoms with E-state index in [1.807, 2.05) is 6.92 Å². The Morgan fingerprint density at radius 2 is 1.54 bits per heavy atom. The van der Waals surface area contributed by atoms with Crippen molar-refractivity contribution in [1.29, 1.82) is 0 Å². The van der Waals surface area contributed by atoms with Gasteiger partial charge in [-0.25, -0.2) is 5.41 Å². The van der Waals surface area contributed by atoms with E-state index in [-0.39, 0.29) is 0 Å². The summed E-state index contributed by atoms with van der Waals surface area (Å²) in [6.07, 6.45) is 6.66. The van der Waals surface area contributed by atoms with Gasteiger partial charge in [-0.3, -0.25) is 5.41 Å². The van der Waals surface area contributed by atoms with Crippen LogP contribution in [0.3, 0.4) is 0 Å². The summed E-state index contributed by atoms with van der Waals surface area (Å²) in [5.41, 5.74) is 1.03. The summed E-state index contributed by atoms with van der Waals surface area (Å²) in [6.45, 7) is 1.97. The summed E-state index contributed by atoms with van der Waals surface area (Å²) >= 11 is 0. The SMILES string of the molecule is COC(=[NH2+])CCCCCCC(C)=[NH2+]. The first-order valence-corrected chi connectivity index (χ1v) is 4.90. The molecule has 0 aromatic carbocycles. The maximum absolute atomic E-state index is 5.55. The van der Waals surface area contributed by atoms with Gasteiger partial charge in [-0.1, -0.05) is 12.8 Å². The van der Waals surface area contributed by atoms with Crippen molar-refractivity contribution in [2.75, 3.05) is 7.11 Å². The second-order valence-electron chi connectivity index (χ2n) is 3.43. The molecule has 3 heteroatoms. The molecular formula is C10H22N2O+2. The normalized spacial score (nSPS) is 9.69. The molecule has 0 spiro atoms. The van der Waals surface area contributed by atoms with E-state index in [2.05, 4.69) is 0 Å². The predicted molar refractivity (Wildman–Crippen MR) is 54.2 cm³/mol. The van der Waals surface area contributed by atoms with Crippen LogP contribution in [0.2, 0.25) is 0 Å². The van der Waals surface area contributed by atoms with Gasteiger partial charge >= 0.3 is 5.90 Å². The van der Waals surface area contributed by atoms with Crippen LogP contribution < -0.4 is 10.8 Å². The van der Waals surface area contributed by atoms with Crippen molar-refractivity contribution in [3.8, 4) is 0 Å². The van der Waals surface area contributed by atoms with Crippen LogP contribution in [-0.2, 0) is 4.74 Å². The number of methoxy groups -OCH3 is 1. The van der Waals surface area contributed by atoms with Crippen molar-refractivity contribution in [2.45, 2.75) is 45.4 Å². The van der Waals surface area contributed by atoms with E-state index in [0.29, 0.717) is 5.90 Å². The number of nitrogens with two attached hydrogens (primary N) is 2. The Bertz CT molecular complexity index is 166. The second-order valence-corrected chi connectivity index (χ2v) is 3.43. The third-order valence-corrected chi connectivity index (χ3v) is 2.01. The number of unbranched alkanes of at least 4 members (excludes halogenated alkanes) is 3. The Labute approximate surface area is 80.5 Å². The Balaban J connectivity index is 3.08. The predicted octanol–water partition coefficient (Wildman–Crippen LogP) is -0.649. The lowest BCUT2D eigenvalue weighted by molar-refractivity contribution is -0.140. The van der Waals surface area contributed by atoms with Crippen LogP contribution in [0.1, 0.15) is 45.4 Å². The number of hydrogen-bond acceptors (Lipinski definition) is 1. The summed E-state index contributed by atoms with van der Waals surface area (Å²) < 4.78 is 4.87. The van der Waals surface area contributed by atoms with Gasteiger partial charge in [0.15, 0.2) is 0 Å². The first kappa shape index (κ1) is 12.1. The fourth-order valence-electron chi connectivity index (χ4n) is 1.16. The van der Waals surface area contributed by atoms with Crippen LogP contribution in [0.5, 0.6) is 0 Å². The fourth-order valence-corrected chi connectivity index (χ4v) is 1.16. The van der Waals surface area contributed by atoms with Crippen molar-refractivity contribution in [3.05, 3.63) is 0 Å². The van der Waals surface area contributed by atoms with Gasteiger partial charge in [0.2, 0.25) is 0 Å². The third-order valence-electron chi connectivity index (χ3n) is 2.01. The molecule has 3 nitrogen and oxygen atoms in total. The molecule has 0 bridgehead atoms. The minimum Gasteiger partial charge on any atom is -0.451 e. The van der Waals surface area contributed by atoms with Crippen molar-refractivity contribution < 1.29 is 15.6 Å². The van der Waals surface area contributed by atoms with Crippen LogP contribution >= 0.6 is 0 Å². The van der Waals surface area contributed by atoms with E-state index in [4.69, 9.17) is 15.6 Å². The Morgan fingerprint density at radius 3 is 2.00 bits per heavy atom. The maximum atomic E-state index is 5.55. The molecule has 0 aromatic heterocycles. The average Bonchev–Trinajstić information content (AvgIpc) is 2.10. The van der Waals surface area contributed by atoms with Crippen molar-refractivity contribution >= 4 is 11.6 Å². The standard InChI is InChI=1S/C10H20N2O/c1-9(11)7-5-3-4-6-8-10(12)13-2/h11-12H,3-8H2,1-2H3/p+2. The van der Waals surface area contributed by atoms with Gasteiger partial charge in [-0.2, -0.15) is 0 Å². The first-order valence-electron chi connectivity index (χ1n) is 4.90. The molecule has 4 N–H and O–H groups in total. The van der Waals surface area contributed by atoms with Crippen LogP contribution in [0.4, 0.5) is 0 Å². The van der Waals surface area contributed by atoms with Gasteiger partial charge in [0.05, 0.1) is 13.5 Å². The number of rotatable bonds is 7. The van der Waals surface area contributed by atoms with Gasteiger partial charge in [-0.15, -0.1) is 0 Å². The summed E-state index contributed by atoms with van der Waals surface area (Å²) in [5.74, 6) is 0.640. The average molecular weight is 186 g/mol. The van der Waals surface area contributed by atoms with Gasteiger partial charge < -0.3 is 4.74 Å². The Hall–Kier alpha value is -0.860. The molecular weight excluding hydrogens is 164 g/mol. The molecule has 0 heterocycles. The highest BCUT2D eigenvalue weighted by Gasteiger charge is 2.00. The highest BCUT2D eigenvalue weighted by Crippen LogP contribution is 2.05. The molecule has 0 atom stereocenters. The van der Waals surface area contributed by atoms with E-state index in [9.17, 15) is 0 Å². The quantitative estimate of drug-likeness (QED) is 0.310. The molecule has 0 radical (unpaired) electrons. The van der Waals surface area contributed by atoms with Gasteiger partial charge in [0, 0.05) is 13.3 Å². The smallest absolute Gasteiger partial charge is 0.332 e. The number of ether oxygens (including phenoxy) is 1. The van der Waals surface area contributed by atoms with Crippen LogP contribution in [-0.4, -0.2) is 18.7 Å². The summed E-state index contributed by atoms with van der Waals surface area (Å²) in [5, 5.41) is 11.1. The van der Waals surface area contributed by atoms with Gasteiger partial charge in [0.25, 0.3) is 0 Å². The lowest BCUT2D eigenvalue weighted by Gasteiger charge is -1.98. The maximum Gasteiger partial charge on any atom is 0.332 e. The molecule has 0 aliphatic rings. The molecule has 0 rings (SSSR count). The minimum atomic E-state index is 0.640. The summed E-state index contributed by atoms with van der Waals surface area (Å²) in [6, 6.07) is 0. The lowest BCUT2D eigenvalue weighted by atomic mass is 10.1. The molecule has 0 fully saturated rings. The van der Waals surface area contributed by atoms with E-state index < -0.39 is 0 Å². The fraction of sp³-hybridized carbons (Fsp3) is 0.800. The lowest BCUT2D eigenvalue weighted by Crippen LogP contribution is -2.40. The first-order chi connectivity index (χ1) is 6.16. The van der Waals surface area contributed by atoms with Crippen LogP contribution in [0.15, 0.2) is 0 Å². The molecule has 0 aliphatic heterocycles. The van der Waals surface area contributed by atoms with E-state index in [1.165, 1.54) is 19.3 Å². The summed E-state index contributed by atoms with van der Waals surface area (Å²) in [7, 11) is 1.61. The van der Waals surface area contributed by atoms with Crippen LogP contribution in [0, 0.1) is 0 Å². The molecule has 0 saturated carbocycles. The zero-order valence-electron chi connectivity index (χ0n) is 8.81. The minimum absolute atomic E-state index is 0.640. The Kier molecular flexibility index (Phi) is 7.26. The molecule has 0 amide bonds. The van der Waals surface area contributed by atoms with Gasteiger partial charge in [0.1, 0.15) is 5.71 Å². The van der Waals surface area contributed by atoms with Crippen molar-refractivity contribution in [2.24, 2.45) is 0 Å². The zero-order chi connectivity index (χ0) is 10.1. The highest BCUT2D eigenvalue weighted by atomic mass is 16.5. The molecule has 0 aliphatic carbocycles. The van der Waals surface area contributed by atoms with Crippen molar-refractivity contribution in [3.63, 3.8) is 0 Å². The van der Waals surface area contributed by atoms with E-state index >= 15 is 0 Å². The topological polar surface area (TPSA) is 60.4 Å². The largest absolute Gasteiger partial charge is 0.451 e. The molecule has 76 valence electrons. The molecule has 0 unspecified atom stereocenters. The van der Waals surface area contributed by atoms with E-state index in [0.717, 1.165) is 25.0 Å². The second kappa shape index (κ2) is 7.77. The summed E-state index contributed by atoms with van der Waals surface area (Å²) in [4.78, 5) is 0.